The molecule has 0 aliphatic rings. The van der Waals surface area contributed by atoms with Gasteiger partial charge in [-0.3, -0.25) is 4.98 Å². The molecule has 0 spiro atoms. The molecule has 0 amide bonds. The van der Waals surface area contributed by atoms with Gasteiger partial charge < -0.3 is 14.2 Å². The van der Waals surface area contributed by atoms with E-state index < -0.39 is 5.97 Å². The molecule has 0 saturated heterocycles. The molecule has 0 bridgehead atoms. The number of carbonyl (C=O) groups is 1. The molecule has 0 saturated carbocycles. The summed E-state index contributed by atoms with van der Waals surface area (Å²) in [5.74, 6) is 0.754. The highest BCUT2D eigenvalue weighted by Gasteiger charge is 2.12. The SMILES string of the molecule is COc1cc(Br)c(COC(=O)c2cccnc2)cc1OC. The van der Waals surface area contributed by atoms with Crippen molar-refractivity contribution in [1.29, 1.82) is 0 Å². The molecule has 1 aromatic carbocycles. The van der Waals surface area contributed by atoms with Gasteiger partial charge in [0.15, 0.2) is 11.5 Å². The van der Waals surface area contributed by atoms with E-state index in [1.54, 1.807) is 44.7 Å². The van der Waals surface area contributed by atoms with Gasteiger partial charge in [0, 0.05) is 22.4 Å². The summed E-state index contributed by atoms with van der Waals surface area (Å²) >= 11 is 3.42. The maximum Gasteiger partial charge on any atom is 0.340 e. The summed E-state index contributed by atoms with van der Waals surface area (Å²) in [6.07, 6.45) is 3.06. The molecule has 2 aromatic rings. The van der Waals surface area contributed by atoms with Crippen LogP contribution in [0.2, 0.25) is 0 Å². The Morgan fingerprint density at radius 3 is 2.57 bits per heavy atom. The van der Waals surface area contributed by atoms with Crippen molar-refractivity contribution in [1.82, 2.24) is 4.98 Å². The molecule has 0 radical (unpaired) electrons. The van der Waals surface area contributed by atoms with Crippen LogP contribution in [0.4, 0.5) is 0 Å². The summed E-state index contributed by atoms with van der Waals surface area (Å²) < 4.78 is 16.5. The van der Waals surface area contributed by atoms with Crippen molar-refractivity contribution in [3.05, 3.63) is 52.3 Å². The molecule has 0 aliphatic carbocycles. The zero-order chi connectivity index (χ0) is 15.2. The topological polar surface area (TPSA) is 57.7 Å². The van der Waals surface area contributed by atoms with Gasteiger partial charge in [0.25, 0.3) is 0 Å². The Bertz CT molecular complexity index is 631. The van der Waals surface area contributed by atoms with Gasteiger partial charge in [-0.2, -0.15) is 0 Å². The second kappa shape index (κ2) is 7.08. The van der Waals surface area contributed by atoms with Crippen molar-refractivity contribution in [2.45, 2.75) is 6.61 Å². The summed E-state index contributed by atoms with van der Waals surface area (Å²) in [7, 11) is 3.11. The van der Waals surface area contributed by atoms with E-state index in [2.05, 4.69) is 20.9 Å². The van der Waals surface area contributed by atoms with Gasteiger partial charge in [-0.25, -0.2) is 4.79 Å². The third-order valence-electron chi connectivity index (χ3n) is 2.81. The number of hydrogen-bond donors (Lipinski definition) is 0. The van der Waals surface area contributed by atoms with E-state index in [0.29, 0.717) is 17.1 Å². The van der Waals surface area contributed by atoms with E-state index in [9.17, 15) is 4.79 Å². The number of aromatic nitrogens is 1. The van der Waals surface area contributed by atoms with E-state index in [4.69, 9.17) is 14.2 Å². The minimum absolute atomic E-state index is 0.120. The molecule has 0 unspecified atom stereocenters. The molecule has 2 rings (SSSR count). The average Bonchev–Trinajstić information content (AvgIpc) is 2.53. The zero-order valence-electron chi connectivity index (χ0n) is 11.6. The van der Waals surface area contributed by atoms with Crippen LogP contribution in [0.3, 0.4) is 0 Å². The Morgan fingerprint density at radius 1 is 1.24 bits per heavy atom. The highest BCUT2D eigenvalue weighted by molar-refractivity contribution is 9.10. The number of pyridine rings is 1. The molecule has 0 aliphatic heterocycles. The van der Waals surface area contributed by atoms with Crippen LogP contribution in [0.15, 0.2) is 41.1 Å². The molecule has 6 heteroatoms. The average molecular weight is 352 g/mol. The summed E-state index contributed by atoms with van der Waals surface area (Å²) in [6.45, 7) is 0.120. The summed E-state index contributed by atoms with van der Waals surface area (Å²) in [5, 5.41) is 0. The van der Waals surface area contributed by atoms with Crippen LogP contribution in [0, 0.1) is 0 Å². The van der Waals surface area contributed by atoms with Crippen LogP contribution in [0.1, 0.15) is 15.9 Å². The van der Waals surface area contributed by atoms with Crippen LogP contribution in [0.25, 0.3) is 0 Å². The number of halogens is 1. The van der Waals surface area contributed by atoms with Crippen molar-refractivity contribution in [2.24, 2.45) is 0 Å². The standard InChI is InChI=1S/C15H14BrNO4/c1-19-13-6-11(12(16)7-14(13)20-2)9-21-15(18)10-4-3-5-17-8-10/h3-8H,9H2,1-2H3. The first-order valence-electron chi connectivity index (χ1n) is 6.13. The normalized spacial score (nSPS) is 10.0. The number of methoxy groups -OCH3 is 2. The summed E-state index contributed by atoms with van der Waals surface area (Å²) in [5.41, 5.74) is 1.19. The quantitative estimate of drug-likeness (QED) is 0.774. The minimum atomic E-state index is -0.426. The summed E-state index contributed by atoms with van der Waals surface area (Å²) in [6, 6.07) is 6.87. The maximum atomic E-state index is 11.9. The number of carbonyl (C=O) groups excluding carboxylic acids is 1. The van der Waals surface area contributed by atoms with Crippen LogP contribution < -0.4 is 9.47 Å². The zero-order valence-corrected chi connectivity index (χ0v) is 13.2. The molecular weight excluding hydrogens is 338 g/mol. The Morgan fingerprint density at radius 2 is 1.95 bits per heavy atom. The van der Waals surface area contributed by atoms with Gasteiger partial charge in [-0.1, -0.05) is 15.9 Å². The van der Waals surface area contributed by atoms with Crippen molar-refractivity contribution in [3.63, 3.8) is 0 Å². The van der Waals surface area contributed by atoms with Crippen LogP contribution in [-0.2, 0) is 11.3 Å². The Kier molecular flexibility index (Phi) is 5.16. The lowest BCUT2D eigenvalue weighted by molar-refractivity contribution is 0.0471. The smallest absolute Gasteiger partial charge is 0.340 e. The van der Waals surface area contributed by atoms with Crippen molar-refractivity contribution >= 4 is 21.9 Å². The van der Waals surface area contributed by atoms with Crippen molar-refractivity contribution < 1.29 is 19.0 Å². The lowest BCUT2D eigenvalue weighted by atomic mass is 10.2. The minimum Gasteiger partial charge on any atom is -0.493 e. The summed E-state index contributed by atoms with van der Waals surface area (Å²) in [4.78, 5) is 15.8. The number of esters is 1. The lowest BCUT2D eigenvalue weighted by Crippen LogP contribution is -2.06. The first-order valence-corrected chi connectivity index (χ1v) is 6.92. The van der Waals surface area contributed by atoms with E-state index in [0.717, 1.165) is 10.0 Å². The predicted octanol–water partition coefficient (Wildman–Crippen LogP) is 3.22. The van der Waals surface area contributed by atoms with Gasteiger partial charge in [0.1, 0.15) is 6.61 Å². The first-order chi connectivity index (χ1) is 10.2. The first kappa shape index (κ1) is 15.3. The van der Waals surface area contributed by atoms with E-state index >= 15 is 0 Å². The van der Waals surface area contributed by atoms with Gasteiger partial charge >= 0.3 is 5.97 Å². The number of nitrogens with zero attached hydrogens (tertiary/aromatic N) is 1. The Balaban J connectivity index is 2.11. The molecule has 1 heterocycles. The molecule has 0 fully saturated rings. The number of benzene rings is 1. The van der Waals surface area contributed by atoms with Crippen molar-refractivity contribution in [2.75, 3.05) is 14.2 Å². The molecule has 0 atom stereocenters. The second-order valence-electron chi connectivity index (χ2n) is 4.12. The third kappa shape index (κ3) is 3.72. The Hall–Kier alpha value is -2.08. The van der Waals surface area contributed by atoms with Gasteiger partial charge in [0.2, 0.25) is 0 Å². The fourth-order valence-electron chi connectivity index (χ4n) is 1.72. The monoisotopic (exact) mass is 351 g/mol. The van der Waals surface area contributed by atoms with E-state index in [1.807, 2.05) is 0 Å². The predicted molar refractivity (Wildman–Crippen MR) is 80.6 cm³/mol. The van der Waals surface area contributed by atoms with Crippen molar-refractivity contribution in [3.8, 4) is 11.5 Å². The van der Waals surface area contributed by atoms with Gasteiger partial charge in [-0.05, 0) is 24.3 Å². The molecule has 21 heavy (non-hydrogen) atoms. The largest absolute Gasteiger partial charge is 0.493 e. The highest BCUT2D eigenvalue weighted by Crippen LogP contribution is 2.33. The Labute approximate surface area is 131 Å². The highest BCUT2D eigenvalue weighted by atomic mass is 79.9. The molecular formula is C15H14BrNO4. The molecule has 5 nitrogen and oxygen atoms in total. The maximum absolute atomic E-state index is 11.9. The number of rotatable bonds is 5. The number of ether oxygens (including phenoxy) is 3. The van der Waals surface area contributed by atoms with Crippen LogP contribution in [-0.4, -0.2) is 25.2 Å². The van der Waals surface area contributed by atoms with Crippen LogP contribution >= 0.6 is 15.9 Å². The fourth-order valence-corrected chi connectivity index (χ4v) is 2.15. The third-order valence-corrected chi connectivity index (χ3v) is 3.55. The van der Waals surface area contributed by atoms with E-state index in [-0.39, 0.29) is 6.61 Å². The number of hydrogen-bond acceptors (Lipinski definition) is 5. The second-order valence-corrected chi connectivity index (χ2v) is 4.97. The lowest BCUT2D eigenvalue weighted by Gasteiger charge is -2.12. The molecule has 110 valence electrons. The molecule has 1 aromatic heterocycles. The molecule has 0 N–H and O–H groups in total. The van der Waals surface area contributed by atoms with Gasteiger partial charge in [0.05, 0.1) is 19.8 Å². The van der Waals surface area contributed by atoms with E-state index in [1.165, 1.54) is 6.20 Å². The fraction of sp³-hybridized carbons (Fsp3) is 0.200. The van der Waals surface area contributed by atoms with Gasteiger partial charge in [-0.15, -0.1) is 0 Å². The van der Waals surface area contributed by atoms with Crippen LogP contribution in [0.5, 0.6) is 11.5 Å².